The number of anilines is 1. The summed E-state index contributed by atoms with van der Waals surface area (Å²) in [7, 11) is 4.05. The Labute approximate surface area is 199 Å². The van der Waals surface area contributed by atoms with Gasteiger partial charge in [0.05, 0.1) is 11.9 Å². The molecule has 33 heavy (non-hydrogen) atoms. The molecule has 0 spiro atoms. The van der Waals surface area contributed by atoms with E-state index in [1.165, 1.54) is 11.8 Å². The predicted molar refractivity (Wildman–Crippen MR) is 132 cm³/mol. The monoisotopic (exact) mass is 465 g/mol. The van der Waals surface area contributed by atoms with E-state index >= 15 is 0 Å². The number of aromatic nitrogens is 3. The van der Waals surface area contributed by atoms with Crippen LogP contribution in [0, 0.1) is 6.92 Å². The highest BCUT2D eigenvalue weighted by molar-refractivity contribution is 7.99. The van der Waals surface area contributed by atoms with Gasteiger partial charge in [-0.05, 0) is 49.6 Å². The molecule has 174 valence electrons. The number of carbonyl (C=O) groups is 1. The summed E-state index contributed by atoms with van der Waals surface area (Å²) in [6.07, 6.45) is 2.16. The van der Waals surface area contributed by atoms with Crippen LogP contribution in [0.15, 0.2) is 59.8 Å². The first kappa shape index (κ1) is 23.3. The van der Waals surface area contributed by atoms with E-state index in [0.29, 0.717) is 18.8 Å². The van der Waals surface area contributed by atoms with Gasteiger partial charge >= 0.3 is 0 Å². The molecule has 0 aliphatic carbocycles. The van der Waals surface area contributed by atoms with Crippen molar-refractivity contribution in [3.05, 3.63) is 66.0 Å². The van der Waals surface area contributed by atoms with Gasteiger partial charge in [0.15, 0.2) is 5.16 Å². The van der Waals surface area contributed by atoms with Crippen molar-refractivity contribution in [1.82, 2.24) is 19.7 Å². The minimum atomic E-state index is 0.0763. The second-order valence-corrected chi connectivity index (χ2v) is 9.40. The van der Waals surface area contributed by atoms with Crippen LogP contribution in [0.25, 0.3) is 5.69 Å². The van der Waals surface area contributed by atoms with Crippen molar-refractivity contribution >= 4 is 23.4 Å². The Kier molecular flexibility index (Phi) is 7.67. The standard InChI is InChI=1S/C25H31N5O2S/c1-19-26-27-25(30(19)22-8-5-4-6-9-22)33-18-24(31)29(17-23-10-7-15-32-23)16-20-11-13-21(14-12-20)28(2)3/h4-6,8-9,11-14,23H,7,10,15-18H2,1-3H3/t23-/m1/s1. The van der Waals surface area contributed by atoms with Gasteiger partial charge in [-0.2, -0.15) is 0 Å². The molecule has 0 bridgehead atoms. The smallest absolute Gasteiger partial charge is 0.233 e. The Bertz CT molecular complexity index is 1050. The molecule has 4 rings (SSSR count). The average molecular weight is 466 g/mol. The van der Waals surface area contributed by atoms with E-state index in [1.54, 1.807) is 0 Å². The lowest BCUT2D eigenvalue weighted by molar-refractivity contribution is -0.130. The summed E-state index contributed by atoms with van der Waals surface area (Å²) in [5.41, 5.74) is 3.24. The van der Waals surface area contributed by atoms with Crippen molar-refractivity contribution in [2.24, 2.45) is 0 Å². The van der Waals surface area contributed by atoms with Gasteiger partial charge in [0.2, 0.25) is 5.91 Å². The maximum atomic E-state index is 13.3. The molecule has 8 heteroatoms. The summed E-state index contributed by atoms with van der Waals surface area (Å²) >= 11 is 1.42. The van der Waals surface area contributed by atoms with Gasteiger partial charge in [-0.25, -0.2) is 0 Å². The lowest BCUT2D eigenvalue weighted by atomic mass is 10.1. The van der Waals surface area contributed by atoms with Crippen LogP contribution in [0.5, 0.6) is 0 Å². The molecule has 3 aromatic rings. The summed E-state index contributed by atoms with van der Waals surface area (Å²) in [4.78, 5) is 17.3. The van der Waals surface area contributed by atoms with Crippen LogP contribution < -0.4 is 4.90 Å². The minimum Gasteiger partial charge on any atom is -0.378 e. The van der Waals surface area contributed by atoms with E-state index in [4.69, 9.17) is 4.74 Å². The molecule has 1 saturated heterocycles. The van der Waals surface area contributed by atoms with Gasteiger partial charge in [0.25, 0.3) is 0 Å². The van der Waals surface area contributed by atoms with Crippen molar-refractivity contribution < 1.29 is 9.53 Å². The molecular weight excluding hydrogens is 434 g/mol. The Morgan fingerprint density at radius 2 is 1.88 bits per heavy atom. The summed E-state index contributed by atoms with van der Waals surface area (Å²) in [6, 6.07) is 18.3. The van der Waals surface area contributed by atoms with Gasteiger partial charge < -0.3 is 14.5 Å². The highest BCUT2D eigenvalue weighted by Crippen LogP contribution is 2.23. The molecule has 2 aromatic carbocycles. The summed E-state index contributed by atoms with van der Waals surface area (Å²) in [6.45, 7) is 3.88. The number of amides is 1. The van der Waals surface area contributed by atoms with E-state index in [1.807, 2.05) is 60.8 Å². The second-order valence-electron chi connectivity index (χ2n) is 8.46. The highest BCUT2D eigenvalue weighted by Gasteiger charge is 2.24. The Hall–Kier alpha value is -2.84. The van der Waals surface area contributed by atoms with E-state index in [9.17, 15) is 4.79 Å². The van der Waals surface area contributed by atoms with Crippen LogP contribution in [-0.2, 0) is 16.1 Å². The van der Waals surface area contributed by atoms with Crippen molar-refractivity contribution in [3.63, 3.8) is 0 Å². The molecule has 0 saturated carbocycles. The maximum absolute atomic E-state index is 13.3. The lowest BCUT2D eigenvalue weighted by Crippen LogP contribution is -2.38. The third kappa shape index (κ3) is 5.94. The van der Waals surface area contributed by atoms with Crippen molar-refractivity contribution in [2.45, 2.75) is 37.6 Å². The van der Waals surface area contributed by atoms with E-state index < -0.39 is 0 Å². The van der Waals surface area contributed by atoms with E-state index in [-0.39, 0.29) is 12.0 Å². The molecule has 1 atom stereocenters. The first-order chi connectivity index (χ1) is 16.0. The summed E-state index contributed by atoms with van der Waals surface area (Å²) in [5, 5.41) is 9.27. The number of thioether (sulfide) groups is 1. The maximum Gasteiger partial charge on any atom is 0.233 e. The third-order valence-corrected chi connectivity index (χ3v) is 6.67. The van der Waals surface area contributed by atoms with Crippen LogP contribution >= 0.6 is 11.8 Å². The predicted octanol–water partition coefficient (Wildman–Crippen LogP) is 3.94. The first-order valence-corrected chi connectivity index (χ1v) is 12.3. The van der Waals surface area contributed by atoms with Crippen molar-refractivity contribution in [1.29, 1.82) is 0 Å². The number of hydrogen-bond acceptors (Lipinski definition) is 6. The average Bonchev–Trinajstić information content (AvgIpc) is 3.47. The van der Waals surface area contributed by atoms with Crippen molar-refractivity contribution in [3.8, 4) is 5.69 Å². The normalized spacial score (nSPS) is 15.5. The lowest BCUT2D eigenvalue weighted by Gasteiger charge is -2.26. The molecule has 2 heterocycles. The number of hydrogen-bond donors (Lipinski definition) is 0. The highest BCUT2D eigenvalue weighted by atomic mass is 32.2. The van der Waals surface area contributed by atoms with Crippen LogP contribution in [-0.4, -0.2) is 64.7 Å². The topological polar surface area (TPSA) is 63.5 Å². The molecule has 7 nitrogen and oxygen atoms in total. The van der Waals surface area contributed by atoms with E-state index in [0.717, 1.165) is 47.4 Å². The zero-order chi connectivity index (χ0) is 23.2. The van der Waals surface area contributed by atoms with Gasteiger partial charge in [-0.1, -0.05) is 42.1 Å². The van der Waals surface area contributed by atoms with Crippen molar-refractivity contribution in [2.75, 3.05) is 37.9 Å². The minimum absolute atomic E-state index is 0.0763. The zero-order valence-corrected chi connectivity index (χ0v) is 20.3. The molecule has 0 unspecified atom stereocenters. The van der Waals surface area contributed by atoms with Gasteiger partial charge in [-0.15, -0.1) is 10.2 Å². The SMILES string of the molecule is Cc1nnc(SCC(=O)N(Cc2ccc(N(C)C)cc2)C[C@H]2CCCO2)n1-c1ccccc1. The first-order valence-electron chi connectivity index (χ1n) is 11.3. The molecular formula is C25H31N5O2S. The zero-order valence-electron chi connectivity index (χ0n) is 19.5. The molecule has 1 fully saturated rings. The van der Waals surface area contributed by atoms with Gasteiger partial charge in [0, 0.05) is 45.2 Å². The largest absolute Gasteiger partial charge is 0.378 e. The number of rotatable bonds is 9. The number of ether oxygens (including phenoxy) is 1. The second kappa shape index (κ2) is 10.9. The summed E-state index contributed by atoms with van der Waals surface area (Å²) in [5.74, 6) is 1.17. The number of benzene rings is 2. The van der Waals surface area contributed by atoms with Crippen LogP contribution in [0.2, 0.25) is 0 Å². The molecule has 1 aromatic heterocycles. The number of carbonyl (C=O) groups excluding carboxylic acids is 1. The Balaban J connectivity index is 1.46. The number of aryl methyl sites for hydroxylation is 1. The third-order valence-electron chi connectivity index (χ3n) is 5.76. The molecule has 0 radical (unpaired) electrons. The summed E-state index contributed by atoms with van der Waals surface area (Å²) < 4.78 is 7.82. The van der Waals surface area contributed by atoms with E-state index in [2.05, 4.69) is 39.4 Å². The van der Waals surface area contributed by atoms with Gasteiger partial charge in [0.1, 0.15) is 5.82 Å². The van der Waals surface area contributed by atoms with Gasteiger partial charge in [-0.3, -0.25) is 9.36 Å². The number of nitrogens with zero attached hydrogens (tertiary/aromatic N) is 5. The Morgan fingerprint density at radius 1 is 1.12 bits per heavy atom. The quantitative estimate of drug-likeness (QED) is 0.446. The number of para-hydroxylation sites is 1. The molecule has 0 N–H and O–H groups in total. The molecule has 1 aliphatic rings. The fourth-order valence-electron chi connectivity index (χ4n) is 3.94. The molecule has 1 amide bonds. The fraction of sp³-hybridized carbons (Fsp3) is 0.400. The Morgan fingerprint density at radius 3 is 2.55 bits per heavy atom. The van der Waals surface area contributed by atoms with Crippen LogP contribution in [0.1, 0.15) is 24.2 Å². The van der Waals surface area contributed by atoms with Crippen LogP contribution in [0.4, 0.5) is 5.69 Å². The van der Waals surface area contributed by atoms with Crippen LogP contribution in [0.3, 0.4) is 0 Å². The fourth-order valence-corrected chi connectivity index (χ4v) is 4.84. The molecule has 1 aliphatic heterocycles.